The first kappa shape index (κ1) is 19.5. The number of hydrogen-bond acceptors (Lipinski definition) is 5. The third kappa shape index (κ3) is 5.92. The fourth-order valence-corrected chi connectivity index (χ4v) is 6.06. The van der Waals surface area contributed by atoms with E-state index in [4.69, 9.17) is 9.05 Å². The normalized spacial score (nSPS) is 18.9. The van der Waals surface area contributed by atoms with Crippen LogP contribution in [-0.4, -0.2) is 32.4 Å². The van der Waals surface area contributed by atoms with E-state index < -0.39 is 32.8 Å². The van der Waals surface area contributed by atoms with Gasteiger partial charge < -0.3 is 18.8 Å². The number of pyridine rings is 1. The number of hydrogen-bond donors (Lipinski definition) is 2. The minimum absolute atomic E-state index is 0.144. The second-order valence-corrected chi connectivity index (χ2v) is 9.81. The monoisotopic (exact) mass is 351 g/mol. The van der Waals surface area contributed by atoms with Crippen molar-refractivity contribution in [3.8, 4) is 0 Å². The standard InChI is InChI=1S/C13H23NO6P2/c1-10(2)19-21(15,16)13(22(17,18)20-11(3)4)8-12-6-5-7-14-9-12/h5-7,9-11,13H,8H2,1-4H3,(H,15,16)(H,17,18). The van der Waals surface area contributed by atoms with Crippen LogP contribution >= 0.6 is 15.2 Å². The largest absolute Gasteiger partial charge is 0.343 e. The summed E-state index contributed by atoms with van der Waals surface area (Å²) in [5.74, 6) is 0. The van der Waals surface area contributed by atoms with Crippen molar-refractivity contribution in [2.45, 2.75) is 51.7 Å². The highest BCUT2D eigenvalue weighted by Gasteiger charge is 2.48. The highest BCUT2D eigenvalue weighted by atomic mass is 31.2. The number of aromatic nitrogens is 1. The topological polar surface area (TPSA) is 106 Å². The molecule has 0 saturated heterocycles. The molecule has 2 N–H and O–H groups in total. The molecule has 126 valence electrons. The van der Waals surface area contributed by atoms with E-state index in [0.717, 1.165) is 0 Å². The van der Waals surface area contributed by atoms with Gasteiger partial charge in [-0.25, -0.2) is 0 Å². The summed E-state index contributed by atoms with van der Waals surface area (Å²) in [6, 6.07) is 3.30. The van der Waals surface area contributed by atoms with Crippen LogP contribution in [0.5, 0.6) is 0 Å². The molecule has 2 atom stereocenters. The first-order valence-electron chi connectivity index (χ1n) is 6.95. The van der Waals surface area contributed by atoms with Gasteiger partial charge in [0.05, 0.1) is 12.2 Å². The molecule has 1 heterocycles. The zero-order valence-electron chi connectivity index (χ0n) is 13.1. The highest BCUT2D eigenvalue weighted by Crippen LogP contribution is 2.67. The van der Waals surface area contributed by atoms with Gasteiger partial charge in [-0.2, -0.15) is 0 Å². The summed E-state index contributed by atoms with van der Waals surface area (Å²) < 4.78 is 35.0. The summed E-state index contributed by atoms with van der Waals surface area (Å²) in [6.07, 6.45) is 1.75. The zero-order chi connectivity index (χ0) is 17.0. The first-order chi connectivity index (χ1) is 10.0. The van der Waals surface area contributed by atoms with Gasteiger partial charge in [0.2, 0.25) is 0 Å². The number of nitrogens with zero attached hydrogens (tertiary/aromatic N) is 1. The predicted octanol–water partition coefficient (Wildman–Crippen LogP) is 3.17. The third-order valence-electron chi connectivity index (χ3n) is 2.62. The lowest BCUT2D eigenvalue weighted by molar-refractivity contribution is 0.184. The lowest BCUT2D eigenvalue weighted by Gasteiger charge is -2.28. The van der Waals surface area contributed by atoms with Crippen LogP contribution in [0.3, 0.4) is 0 Å². The Labute approximate surface area is 130 Å². The van der Waals surface area contributed by atoms with Crippen LogP contribution in [0.4, 0.5) is 0 Å². The Kier molecular flexibility index (Phi) is 6.93. The molecule has 0 fully saturated rings. The molecule has 0 aliphatic carbocycles. The van der Waals surface area contributed by atoms with Gasteiger partial charge in [0.25, 0.3) is 0 Å². The summed E-state index contributed by atoms with van der Waals surface area (Å²) in [5.41, 5.74) is 0.552. The molecule has 1 aromatic heterocycles. The van der Waals surface area contributed by atoms with E-state index in [0.29, 0.717) is 5.56 Å². The van der Waals surface area contributed by atoms with Crippen molar-refractivity contribution in [1.29, 1.82) is 0 Å². The fourth-order valence-electron chi connectivity index (χ4n) is 1.89. The molecule has 0 aromatic carbocycles. The average molecular weight is 351 g/mol. The summed E-state index contributed by atoms with van der Waals surface area (Å²) in [5, 5.41) is -1.56. The van der Waals surface area contributed by atoms with E-state index in [1.165, 1.54) is 6.20 Å². The van der Waals surface area contributed by atoms with E-state index >= 15 is 0 Å². The van der Waals surface area contributed by atoms with Crippen molar-refractivity contribution in [2.24, 2.45) is 0 Å². The Morgan fingerprint density at radius 1 is 1.09 bits per heavy atom. The Hall–Kier alpha value is -0.550. The van der Waals surface area contributed by atoms with Gasteiger partial charge in [0.15, 0.2) is 5.40 Å². The highest BCUT2D eigenvalue weighted by molar-refractivity contribution is 7.71. The van der Waals surface area contributed by atoms with E-state index in [9.17, 15) is 18.9 Å². The molecule has 0 aliphatic heterocycles. The van der Waals surface area contributed by atoms with Gasteiger partial charge in [-0.15, -0.1) is 0 Å². The third-order valence-corrected chi connectivity index (χ3v) is 7.69. The Morgan fingerprint density at radius 2 is 1.59 bits per heavy atom. The molecule has 2 unspecified atom stereocenters. The maximum atomic E-state index is 12.5. The summed E-state index contributed by atoms with van der Waals surface area (Å²) in [7, 11) is -8.74. The maximum absolute atomic E-state index is 12.5. The van der Waals surface area contributed by atoms with E-state index in [-0.39, 0.29) is 6.42 Å². The minimum Gasteiger partial charge on any atom is -0.324 e. The summed E-state index contributed by atoms with van der Waals surface area (Å²) in [6.45, 7) is 6.32. The fraction of sp³-hybridized carbons (Fsp3) is 0.615. The number of rotatable bonds is 8. The average Bonchev–Trinajstić information content (AvgIpc) is 2.33. The Morgan fingerprint density at radius 3 is 1.95 bits per heavy atom. The van der Waals surface area contributed by atoms with Gasteiger partial charge in [-0.3, -0.25) is 14.1 Å². The van der Waals surface area contributed by atoms with Crippen LogP contribution in [0.1, 0.15) is 33.3 Å². The van der Waals surface area contributed by atoms with Crippen LogP contribution in [0.25, 0.3) is 0 Å². The van der Waals surface area contributed by atoms with E-state index in [2.05, 4.69) is 4.98 Å². The van der Waals surface area contributed by atoms with Crippen LogP contribution in [0, 0.1) is 0 Å². The molecule has 0 aliphatic rings. The van der Waals surface area contributed by atoms with Crippen LogP contribution in [-0.2, 0) is 24.6 Å². The van der Waals surface area contributed by atoms with Crippen molar-refractivity contribution < 1.29 is 28.0 Å². The molecule has 0 amide bonds. The summed E-state index contributed by atoms with van der Waals surface area (Å²) >= 11 is 0. The molecule has 0 spiro atoms. The van der Waals surface area contributed by atoms with E-state index in [1.54, 1.807) is 46.0 Å². The molecule has 22 heavy (non-hydrogen) atoms. The van der Waals surface area contributed by atoms with Gasteiger partial charge in [-0.05, 0) is 45.7 Å². The van der Waals surface area contributed by atoms with Crippen LogP contribution in [0.15, 0.2) is 24.5 Å². The molecular formula is C13H23NO6P2. The maximum Gasteiger partial charge on any atom is 0.343 e. The van der Waals surface area contributed by atoms with Crippen molar-refractivity contribution in [3.05, 3.63) is 30.1 Å². The molecule has 1 aromatic rings. The van der Waals surface area contributed by atoms with Crippen molar-refractivity contribution >= 4 is 15.2 Å². The van der Waals surface area contributed by atoms with E-state index in [1.807, 2.05) is 0 Å². The van der Waals surface area contributed by atoms with Crippen LogP contribution < -0.4 is 0 Å². The SMILES string of the molecule is CC(C)OP(=O)(O)C(Cc1cccnc1)P(=O)(O)OC(C)C. The first-order valence-corrected chi connectivity index (χ1v) is 10.2. The Balaban J connectivity index is 3.15. The minimum atomic E-state index is -4.37. The molecule has 1 rings (SSSR count). The lowest BCUT2D eigenvalue weighted by Crippen LogP contribution is -2.20. The molecular weight excluding hydrogens is 328 g/mol. The Bertz CT molecular complexity index is 533. The van der Waals surface area contributed by atoms with Crippen molar-refractivity contribution in [3.63, 3.8) is 0 Å². The van der Waals surface area contributed by atoms with Gasteiger partial charge in [0.1, 0.15) is 0 Å². The smallest absolute Gasteiger partial charge is 0.324 e. The molecule has 0 saturated carbocycles. The molecule has 9 heteroatoms. The molecule has 7 nitrogen and oxygen atoms in total. The second-order valence-electron chi connectivity index (χ2n) is 5.48. The summed E-state index contributed by atoms with van der Waals surface area (Å²) in [4.78, 5) is 24.2. The van der Waals surface area contributed by atoms with Crippen molar-refractivity contribution in [1.82, 2.24) is 4.98 Å². The van der Waals surface area contributed by atoms with Gasteiger partial charge in [0, 0.05) is 12.4 Å². The van der Waals surface area contributed by atoms with Crippen molar-refractivity contribution in [2.75, 3.05) is 0 Å². The zero-order valence-corrected chi connectivity index (χ0v) is 14.9. The van der Waals surface area contributed by atoms with Gasteiger partial charge >= 0.3 is 15.2 Å². The van der Waals surface area contributed by atoms with Crippen LogP contribution in [0.2, 0.25) is 0 Å². The predicted molar refractivity (Wildman–Crippen MR) is 83.8 cm³/mol. The molecule has 0 radical (unpaired) electrons. The molecule has 0 bridgehead atoms. The quantitative estimate of drug-likeness (QED) is 0.693. The second kappa shape index (κ2) is 7.82. The van der Waals surface area contributed by atoms with Gasteiger partial charge in [-0.1, -0.05) is 6.07 Å². The lowest BCUT2D eigenvalue weighted by atomic mass is 10.2.